The van der Waals surface area contributed by atoms with E-state index in [1.165, 1.54) is 26.4 Å². The molecule has 0 saturated carbocycles. The summed E-state index contributed by atoms with van der Waals surface area (Å²) in [5, 5.41) is 3.45. The summed E-state index contributed by atoms with van der Waals surface area (Å²) in [6.45, 7) is 0.796. The average molecular weight is 497 g/mol. The van der Waals surface area contributed by atoms with Gasteiger partial charge in [0.1, 0.15) is 5.82 Å². The van der Waals surface area contributed by atoms with Crippen LogP contribution in [-0.4, -0.2) is 50.1 Å². The number of piperidine rings is 1. The number of amides is 2. The van der Waals surface area contributed by atoms with Gasteiger partial charge in [-0.15, -0.1) is 0 Å². The van der Waals surface area contributed by atoms with Crippen molar-refractivity contribution in [1.82, 2.24) is 10.2 Å². The first-order valence-corrected chi connectivity index (χ1v) is 11.6. The molecule has 3 aromatic carbocycles. The topological polar surface area (TPSA) is 67.9 Å². The molecule has 4 rings (SSSR count). The predicted molar refractivity (Wildman–Crippen MR) is 132 cm³/mol. The predicted octanol–water partition coefficient (Wildman–Crippen LogP) is 4.92. The maximum atomic E-state index is 13.6. The van der Waals surface area contributed by atoms with Crippen LogP contribution in [0, 0.1) is 5.82 Å². The summed E-state index contributed by atoms with van der Waals surface area (Å²) in [6.07, 6.45) is 0.525. The van der Waals surface area contributed by atoms with Crippen molar-refractivity contribution in [1.29, 1.82) is 0 Å². The normalized spacial score (nSPS) is 17.5. The lowest BCUT2D eigenvalue weighted by Crippen LogP contribution is -2.51. The second-order valence-electron chi connectivity index (χ2n) is 8.33. The third kappa shape index (κ3) is 5.41. The summed E-state index contributed by atoms with van der Waals surface area (Å²) in [5.41, 5.74) is 1.69. The first-order chi connectivity index (χ1) is 16.9. The van der Waals surface area contributed by atoms with Gasteiger partial charge in [0.15, 0.2) is 11.5 Å². The quantitative estimate of drug-likeness (QED) is 0.525. The highest BCUT2D eigenvalue weighted by Crippen LogP contribution is 2.32. The standard InChI is InChI=1S/C27H26ClFN2O4/c1-34-24-12-9-18(15-25(24)35-2)27(33)31-14-13-23(21(16-31)17-7-10-19(29)11-8-17)30-26(32)20-5-3-4-6-22(20)28/h3-12,15,21,23H,13-14,16H2,1-2H3,(H,30,32). The van der Waals surface area contributed by atoms with E-state index in [-0.39, 0.29) is 29.6 Å². The van der Waals surface area contributed by atoms with E-state index in [2.05, 4.69) is 5.32 Å². The van der Waals surface area contributed by atoms with Crippen LogP contribution in [0.5, 0.6) is 11.5 Å². The largest absolute Gasteiger partial charge is 0.493 e. The number of halogens is 2. The summed E-state index contributed by atoms with van der Waals surface area (Å²) >= 11 is 6.21. The van der Waals surface area contributed by atoms with E-state index in [4.69, 9.17) is 21.1 Å². The van der Waals surface area contributed by atoms with E-state index in [1.54, 1.807) is 59.5 Å². The van der Waals surface area contributed by atoms with Gasteiger partial charge in [0.05, 0.1) is 24.8 Å². The third-order valence-corrected chi connectivity index (χ3v) is 6.59. The van der Waals surface area contributed by atoms with Gasteiger partial charge in [0.25, 0.3) is 11.8 Å². The number of benzene rings is 3. The Morgan fingerprint density at radius 2 is 1.71 bits per heavy atom. The molecule has 2 unspecified atom stereocenters. The van der Waals surface area contributed by atoms with Crippen LogP contribution in [-0.2, 0) is 0 Å². The van der Waals surface area contributed by atoms with Crippen molar-refractivity contribution in [3.8, 4) is 11.5 Å². The van der Waals surface area contributed by atoms with Gasteiger partial charge in [-0.05, 0) is 54.4 Å². The van der Waals surface area contributed by atoms with Crippen LogP contribution in [0.2, 0.25) is 5.02 Å². The summed E-state index contributed by atoms with van der Waals surface area (Å²) in [5.74, 6) is -0.0229. The Hall–Kier alpha value is -3.58. The van der Waals surface area contributed by atoms with Crippen LogP contribution < -0.4 is 14.8 Å². The summed E-state index contributed by atoms with van der Waals surface area (Å²) in [4.78, 5) is 28.1. The molecule has 8 heteroatoms. The maximum absolute atomic E-state index is 13.6. The molecule has 1 aliphatic heterocycles. The smallest absolute Gasteiger partial charge is 0.254 e. The van der Waals surface area contributed by atoms with Gasteiger partial charge in [-0.1, -0.05) is 35.9 Å². The molecule has 0 spiro atoms. The number of methoxy groups -OCH3 is 2. The van der Waals surface area contributed by atoms with Crippen molar-refractivity contribution in [3.05, 3.63) is 94.3 Å². The molecular weight excluding hydrogens is 471 g/mol. The molecule has 2 atom stereocenters. The Morgan fingerprint density at radius 3 is 2.40 bits per heavy atom. The van der Waals surface area contributed by atoms with Crippen LogP contribution in [0.25, 0.3) is 0 Å². The van der Waals surface area contributed by atoms with Crippen LogP contribution in [0.1, 0.15) is 38.6 Å². The van der Waals surface area contributed by atoms with Crippen molar-refractivity contribution in [2.75, 3.05) is 27.3 Å². The average Bonchev–Trinajstić information content (AvgIpc) is 2.88. The Morgan fingerprint density at radius 1 is 1.00 bits per heavy atom. The lowest BCUT2D eigenvalue weighted by atomic mass is 9.85. The lowest BCUT2D eigenvalue weighted by molar-refractivity contribution is 0.0671. The van der Waals surface area contributed by atoms with E-state index >= 15 is 0 Å². The molecule has 0 aromatic heterocycles. The minimum atomic E-state index is -0.348. The molecule has 1 fully saturated rings. The van der Waals surface area contributed by atoms with Crippen LogP contribution >= 0.6 is 11.6 Å². The molecule has 182 valence electrons. The van der Waals surface area contributed by atoms with Crippen molar-refractivity contribution >= 4 is 23.4 Å². The molecule has 1 heterocycles. The van der Waals surface area contributed by atoms with E-state index in [0.29, 0.717) is 47.2 Å². The van der Waals surface area contributed by atoms with Gasteiger partial charge < -0.3 is 19.7 Å². The van der Waals surface area contributed by atoms with Gasteiger partial charge in [-0.2, -0.15) is 0 Å². The number of ether oxygens (including phenoxy) is 2. The van der Waals surface area contributed by atoms with Crippen molar-refractivity contribution in [3.63, 3.8) is 0 Å². The number of hydrogen-bond donors (Lipinski definition) is 1. The molecule has 1 aliphatic rings. The zero-order valence-corrected chi connectivity index (χ0v) is 20.2. The molecule has 6 nitrogen and oxygen atoms in total. The van der Waals surface area contributed by atoms with E-state index in [0.717, 1.165) is 5.56 Å². The van der Waals surface area contributed by atoms with Gasteiger partial charge in [-0.25, -0.2) is 4.39 Å². The fourth-order valence-corrected chi connectivity index (χ4v) is 4.62. The SMILES string of the molecule is COc1ccc(C(=O)N2CCC(NC(=O)c3ccccc3Cl)C(c3ccc(F)cc3)C2)cc1OC. The zero-order valence-electron chi connectivity index (χ0n) is 19.5. The lowest BCUT2D eigenvalue weighted by Gasteiger charge is -2.39. The van der Waals surface area contributed by atoms with E-state index < -0.39 is 0 Å². The highest BCUT2D eigenvalue weighted by atomic mass is 35.5. The molecule has 1 N–H and O–H groups in total. The number of carbonyl (C=O) groups excluding carboxylic acids is 2. The van der Waals surface area contributed by atoms with Gasteiger partial charge in [0.2, 0.25) is 0 Å². The third-order valence-electron chi connectivity index (χ3n) is 6.26. The number of rotatable bonds is 6. The number of hydrogen-bond acceptors (Lipinski definition) is 4. The number of carbonyl (C=O) groups is 2. The van der Waals surface area contributed by atoms with Crippen LogP contribution in [0.4, 0.5) is 4.39 Å². The second kappa shape index (κ2) is 10.8. The van der Waals surface area contributed by atoms with Crippen LogP contribution in [0.3, 0.4) is 0 Å². The van der Waals surface area contributed by atoms with Gasteiger partial charge >= 0.3 is 0 Å². The van der Waals surface area contributed by atoms with Crippen molar-refractivity contribution in [2.45, 2.75) is 18.4 Å². The Labute approximate surface area is 208 Å². The highest BCUT2D eigenvalue weighted by Gasteiger charge is 2.34. The highest BCUT2D eigenvalue weighted by molar-refractivity contribution is 6.33. The number of nitrogens with one attached hydrogen (secondary N) is 1. The summed E-state index contributed by atoms with van der Waals surface area (Å²) in [6, 6.07) is 17.8. The fraction of sp³-hybridized carbons (Fsp3) is 0.259. The Bertz CT molecular complexity index is 1220. The molecule has 0 aliphatic carbocycles. The molecule has 0 bridgehead atoms. The maximum Gasteiger partial charge on any atom is 0.254 e. The van der Waals surface area contributed by atoms with E-state index in [1.807, 2.05) is 0 Å². The Kier molecular flexibility index (Phi) is 7.56. The molecule has 3 aromatic rings. The Balaban J connectivity index is 1.58. The van der Waals surface area contributed by atoms with Crippen LogP contribution in [0.15, 0.2) is 66.7 Å². The van der Waals surface area contributed by atoms with E-state index in [9.17, 15) is 14.0 Å². The van der Waals surface area contributed by atoms with Gasteiger partial charge in [0, 0.05) is 30.6 Å². The monoisotopic (exact) mass is 496 g/mol. The molecular formula is C27H26ClFN2O4. The number of nitrogens with zero attached hydrogens (tertiary/aromatic N) is 1. The minimum Gasteiger partial charge on any atom is -0.493 e. The fourth-order valence-electron chi connectivity index (χ4n) is 4.40. The summed E-state index contributed by atoms with van der Waals surface area (Å²) in [7, 11) is 3.05. The van der Waals surface area contributed by atoms with Crippen molar-refractivity contribution in [2.24, 2.45) is 0 Å². The first-order valence-electron chi connectivity index (χ1n) is 11.2. The molecule has 2 amide bonds. The van der Waals surface area contributed by atoms with Crippen molar-refractivity contribution < 1.29 is 23.5 Å². The minimum absolute atomic E-state index is 0.158. The first kappa shape index (κ1) is 24.5. The molecule has 1 saturated heterocycles. The zero-order chi connectivity index (χ0) is 24.9. The van der Waals surface area contributed by atoms with Gasteiger partial charge in [-0.3, -0.25) is 9.59 Å². The number of likely N-dealkylation sites (tertiary alicyclic amines) is 1. The summed E-state index contributed by atoms with van der Waals surface area (Å²) < 4.78 is 24.2. The second-order valence-corrected chi connectivity index (χ2v) is 8.73. The molecule has 0 radical (unpaired) electrons. The molecule has 35 heavy (non-hydrogen) atoms.